The second-order valence-electron chi connectivity index (χ2n) is 5.53. The van der Waals surface area contributed by atoms with Gasteiger partial charge in [0.2, 0.25) is 0 Å². The highest BCUT2D eigenvalue weighted by molar-refractivity contribution is 5.67. The van der Waals surface area contributed by atoms with Crippen LogP contribution in [0.3, 0.4) is 0 Å². The lowest BCUT2D eigenvalue weighted by Crippen LogP contribution is -2.24. The lowest BCUT2D eigenvalue weighted by atomic mass is 10.1. The summed E-state index contributed by atoms with van der Waals surface area (Å²) >= 11 is 0. The largest absolute Gasteiger partial charge is 0.445 e. The summed E-state index contributed by atoms with van der Waals surface area (Å²) < 4.78 is 5.16. The highest BCUT2D eigenvalue weighted by Crippen LogP contribution is 2.20. The van der Waals surface area contributed by atoms with E-state index in [2.05, 4.69) is 10.3 Å². The zero-order chi connectivity index (χ0) is 15.4. The summed E-state index contributed by atoms with van der Waals surface area (Å²) in [5, 5.41) is 2.72. The van der Waals surface area contributed by atoms with Gasteiger partial charge in [-0.1, -0.05) is 30.3 Å². The van der Waals surface area contributed by atoms with Gasteiger partial charge in [0.25, 0.3) is 0 Å². The zero-order valence-electron chi connectivity index (χ0n) is 12.3. The molecule has 0 bridgehead atoms. The average molecular weight is 297 g/mol. The second-order valence-corrected chi connectivity index (χ2v) is 5.53. The first kappa shape index (κ1) is 14.5. The number of alkyl carbamates (subject to hydrolysis) is 1. The van der Waals surface area contributed by atoms with Gasteiger partial charge in [-0.05, 0) is 35.6 Å². The standard InChI is InChI=1S/C17H19N3O2/c18-15-6-13-8-16(19-9-14(13)7-15)10-20-17(21)22-11-12-4-2-1-3-5-12/h1-5,8-9,15H,6-7,10-11,18H2,(H,20,21). The summed E-state index contributed by atoms with van der Waals surface area (Å²) in [5.74, 6) is 0. The van der Waals surface area contributed by atoms with Gasteiger partial charge in [-0.3, -0.25) is 4.98 Å². The van der Waals surface area contributed by atoms with Crippen molar-refractivity contribution in [3.05, 3.63) is 65.0 Å². The molecule has 1 aliphatic carbocycles. The smallest absolute Gasteiger partial charge is 0.407 e. The molecule has 3 rings (SSSR count). The first-order valence-corrected chi connectivity index (χ1v) is 7.37. The molecule has 0 saturated heterocycles. The van der Waals surface area contributed by atoms with Crippen LogP contribution in [0, 0.1) is 0 Å². The van der Waals surface area contributed by atoms with E-state index in [1.54, 1.807) is 0 Å². The van der Waals surface area contributed by atoms with Crippen molar-refractivity contribution in [1.82, 2.24) is 10.3 Å². The Hall–Kier alpha value is -2.40. The minimum atomic E-state index is -0.442. The number of hydrogen-bond acceptors (Lipinski definition) is 4. The number of rotatable bonds is 4. The number of pyridine rings is 1. The fourth-order valence-electron chi connectivity index (χ4n) is 2.62. The third-order valence-electron chi connectivity index (χ3n) is 3.73. The van der Waals surface area contributed by atoms with E-state index in [0.29, 0.717) is 6.54 Å². The number of ether oxygens (including phenoxy) is 1. The molecule has 5 nitrogen and oxygen atoms in total. The molecule has 1 unspecified atom stereocenters. The molecule has 0 radical (unpaired) electrons. The number of nitrogens with zero attached hydrogens (tertiary/aromatic N) is 1. The molecule has 22 heavy (non-hydrogen) atoms. The number of fused-ring (bicyclic) bond motifs is 1. The minimum Gasteiger partial charge on any atom is -0.445 e. The van der Waals surface area contributed by atoms with E-state index in [1.165, 1.54) is 11.1 Å². The van der Waals surface area contributed by atoms with Crippen molar-refractivity contribution < 1.29 is 9.53 Å². The van der Waals surface area contributed by atoms with E-state index in [0.717, 1.165) is 24.1 Å². The molecule has 114 valence electrons. The Kier molecular flexibility index (Phi) is 4.34. The Balaban J connectivity index is 1.48. The summed E-state index contributed by atoms with van der Waals surface area (Å²) in [7, 11) is 0. The van der Waals surface area contributed by atoms with Crippen LogP contribution in [-0.4, -0.2) is 17.1 Å². The van der Waals surface area contributed by atoms with Crippen LogP contribution >= 0.6 is 0 Å². The van der Waals surface area contributed by atoms with Crippen LogP contribution in [0.2, 0.25) is 0 Å². The highest BCUT2D eigenvalue weighted by atomic mass is 16.5. The van der Waals surface area contributed by atoms with E-state index in [4.69, 9.17) is 10.5 Å². The van der Waals surface area contributed by atoms with Gasteiger partial charge < -0.3 is 15.8 Å². The molecule has 2 aromatic rings. The molecule has 1 aromatic carbocycles. The maximum Gasteiger partial charge on any atom is 0.407 e. The number of carbonyl (C=O) groups is 1. The Morgan fingerprint density at radius 3 is 2.86 bits per heavy atom. The molecule has 0 aliphatic heterocycles. The molecule has 1 heterocycles. The molecule has 0 spiro atoms. The first-order valence-electron chi connectivity index (χ1n) is 7.37. The minimum absolute atomic E-state index is 0.191. The molecule has 5 heteroatoms. The molecule has 0 fully saturated rings. The second kappa shape index (κ2) is 6.58. The fourth-order valence-corrected chi connectivity index (χ4v) is 2.62. The van der Waals surface area contributed by atoms with Crippen LogP contribution in [0.15, 0.2) is 42.6 Å². The van der Waals surface area contributed by atoms with E-state index in [-0.39, 0.29) is 12.6 Å². The fraction of sp³-hybridized carbons (Fsp3) is 0.294. The Morgan fingerprint density at radius 1 is 1.27 bits per heavy atom. The van der Waals surface area contributed by atoms with Gasteiger partial charge in [-0.15, -0.1) is 0 Å². The Labute approximate surface area is 129 Å². The van der Waals surface area contributed by atoms with Gasteiger partial charge in [0.1, 0.15) is 6.61 Å². The number of nitrogens with one attached hydrogen (secondary N) is 1. The number of hydrogen-bond donors (Lipinski definition) is 2. The summed E-state index contributed by atoms with van der Waals surface area (Å²) in [4.78, 5) is 16.0. The Bertz CT molecular complexity index is 658. The average Bonchev–Trinajstić information content (AvgIpc) is 2.91. The number of aromatic nitrogens is 1. The molecule has 1 atom stereocenters. The van der Waals surface area contributed by atoms with Gasteiger partial charge in [-0.25, -0.2) is 4.79 Å². The normalized spacial score (nSPS) is 16.1. The lowest BCUT2D eigenvalue weighted by Gasteiger charge is -2.08. The zero-order valence-corrected chi connectivity index (χ0v) is 12.3. The summed E-state index contributed by atoms with van der Waals surface area (Å²) in [6.45, 7) is 0.620. The van der Waals surface area contributed by atoms with E-state index in [1.807, 2.05) is 42.6 Å². The highest BCUT2D eigenvalue weighted by Gasteiger charge is 2.18. The van der Waals surface area contributed by atoms with Gasteiger partial charge in [0.15, 0.2) is 0 Å². The summed E-state index contributed by atoms with van der Waals surface area (Å²) in [5.41, 5.74) is 10.2. The van der Waals surface area contributed by atoms with Gasteiger partial charge >= 0.3 is 6.09 Å². The molecule has 1 amide bonds. The molecule has 1 aliphatic rings. The molecule has 0 saturated carbocycles. The van der Waals surface area contributed by atoms with Gasteiger partial charge in [-0.2, -0.15) is 0 Å². The number of amides is 1. The van der Waals surface area contributed by atoms with Crippen molar-refractivity contribution in [3.63, 3.8) is 0 Å². The third-order valence-corrected chi connectivity index (χ3v) is 3.73. The van der Waals surface area contributed by atoms with Crippen LogP contribution in [0.25, 0.3) is 0 Å². The Morgan fingerprint density at radius 2 is 2.05 bits per heavy atom. The topological polar surface area (TPSA) is 77.2 Å². The van der Waals surface area contributed by atoms with E-state index < -0.39 is 6.09 Å². The molecular formula is C17H19N3O2. The third kappa shape index (κ3) is 3.62. The van der Waals surface area contributed by atoms with E-state index in [9.17, 15) is 4.79 Å². The molecular weight excluding hydrogens is 278 g/mol. The van der Waals surface area contributed by atoms with Crippen molar-refractivity contribution >= 4 is 6.09 Å². The van der Waals surface area contributed by atoms with Crippen molar-refractivity contribution in [2.45, 2.75) is 32.0 Å². The van der Waals surface area contributed by atoms with Crippen molar-refractivity contribution in [3.8, 4) is 0 Å². The number of nitrogens with two attached hydrogens (primary N) is 1. The van der Waals surface area contributed by atoms with Gasteiger partial charge in [0.05, 0.1) is 12.2 Å². The quantitative estimate of drug-likeness (QED) is 0.904. The number of benzene rings is 1. The molecule has 3 N–H and O–H groups in total. The predicted octanol–water partition coefficient (Wildman–Crippen LogP) is 1.93. The number of carbonyl (C=O) groups excluding carboxylic acids is 1. The van der Waals surface area contributed by atoms with E-state index >= 15 is 0 Å². The predicted molar refractivity (Wildman–Crippen MR) is 83.1 cm³/mol. The molecule has 1 aromatic heterocycles. The van der Waals surface area contributed by atoms with Crippen LogP contribution in [0.5, 0.6) is 0 Å². The summed E-state index contributed by atoms with van der Waals surface area (Å²) in [6, 6.07) is 11.8. The van der Waals surface area contributed by atoms with Crippen LogP contribution in [0.1, 0.15) is 22.4 Å². The van der Waals surface area contributed by atoms with Crippen LogP contribution in [-0.2, 0) is 30.7 Å². The van der Waals surface area contributed by atoms with Crippen molar-refractivity contribution in [2.24, 2.45) is 5.73 Å². The van der Waals surface area contributed by atoms with Crippen molar-refractivity contribution in [1.29, 1.82) is 0 Å². The van der Waals surface area contributed by atoms with Crippen molar-refractivity contribution in [2.75, 3.05) is 0 Å². The SMILES string of the molecule is NC1Cc2cnc(CNC(=O)OCc3ccccc3)cc2C1. The van der Waals surface area contributed by atoms with Gasteiger partial charge in [0, 0.05) is 12.2 Å². The van der Waals surface area contributed by atoms with Crippen LogP contribution < -0.4 is 11.1 Å². The van der Waals surface area contributed by atoms with Crippen LogP contribution in [0.4, 0.5) is 4.79 Å². The summed E-state index contributed by atoms with van der Waals surface area (Å²) in [6.07, 6.45) is 3.18. The monoisotopic (exact) mass is 297 g/mol. The lowest BCUT2D eigenvalue weighted by molar-refractivity contribution is 0.139. The first-order chi connectivity index (χ1) is 10.7. The maximum atomic E-state index is 11.7. The maximum absolute atomic E-state index is 11.7.